The summed E-state index contributed by atoms with van der Waals surface area (Å²) in [6.45, 7) is 0.296. The van der Waals surface area contributed by atoms with E-state index in [2.05, 4.69) is 10.0 Å². The topological polar surface area (TPSA) is 88.4 Å². The molecular weight excluding hydrogens is 359 g/mol. The van der Waals surface area contributed by atoms with Gasteiger partial charge in [-0.3, -0.25) is 9.52 Å². The Balaban J connectivity index is 1.70. The third kappa shape index (κ3) is 4.09. The van der Waals surface area contributed by atoms with E-state index in [1.165, 1.54) is 55.0 Å². The second-order valence-corrected chi connectivity index (χ2v) is 7.11. The molecule has 1 heterocycles. The molecule has 1 aromatic heterocycles. The standard InChI is InChI=1S/C18H15FN2O4S/c19-16-3-1-2-4-17(16)21-26(23,24)15-7-5-14(6-8-15)18(22)20-11-13-9-10-25-12-13/h1-10,12,21H,11H2,(H,20,22). The van der Waals surface area contributed by atoms with E-state index in [1.807, 2.05) is 0 Å². The lowest BCUT2D eigenvalue weighted by atomic mass is 10.2. The van der Waals surface area contributed by atoms with E-state index >= 15 is 0 Å². The molecule has 8 heteroatoms. The number of hydrogen-bond donors (Lipinski definition) is 2. The molecule has 6 nitrogen and oxygen atoms in total. The van der Waals surface area contributed by atoms with Crippen LogP contribution in [0.1, 0.15) is 15.9 Å². The van der Waals surface area contributed by atoms with E-state index in [4.69, 9.17) is 4.42 Å². The molecular formula is C18H15FN2O4S. The van der Waals surface area contributed by atoms with Crippen LogP contribution in [0.15, 0.2) is 76.4 Å². The Morgan fingerprint density at radius 2 is 1.77 bits per heavy atom. The first kappa shape index (κ1) is 17.7. The van der Waals surface area contributed by atoms with Crippen LogP contribution in [0.4, 0.5) is 10.1 Å². The number of rotatable bonds is 6. The van der Waals surface area contributed by atoms with Crippen LogP contribution in [0.3, 0.4) is 0 Å². The summed E-state index contributed by atoms with van der Waals surface area (Å²) >= 11 is 0. The van der Waals surface area contributed by atoms with Crippen molar-refractivity contribution < 1.29 is 22.0 Å². The van der Waals surface area contributed by atoms with Gasteiger partial charge in [0.15, 0.2) is 0 Å². The fraction of sp³-hybridized carbons (Fsp3) is 0.0556. The zero-order chi connectivity index (χ0) is 18.6. The molecule has 0 saturated heterocycles. The maximum absolute atomic E-state index is 13.6. The van der Waals surface area contributed by atoms with Gasteiger partial charge in [0.05, 0.1) is 23.1 Å². The van der Waals surface area contributed by atoms with Crippen molar-refractivity contribution in [2.24, 2.45) is 0 Å². The van der Waals surface area contributed by atoms with Crippen LogP contribution >= 0.6 is 0 Å². The molecule has 134 valence electrons. The van der Waals surface area contributed by atoms with Crippen LogP contribution in [-0.2, 0) is 16.6 Å². The Bertz CT molecular complexity index is 1000. The van der Waals surface area contributed by atoms with Gasteiger partial charge in [-0.2, -0.15) is 0 Å². The van der Waals surface area contributed by atoms with Crippen molar-refractivity contribution in [3.05, 3.63) is 84.1 Å². The predicted molar refractivity (Wildman–Crippen MR) is 93.5 cm³/mol. The van der Waals surface area contributed by atoms with E-state index in [0.29, 0.717) is 12.1 Å². The van der Waals surface area contributed by atoms with Crippen molar-refractivity contribution in [3.63, 3.8) is 0 Å². The van der Waals surface area contributed by atoms with Crippen molar-refractivity contribution in [1.82, 2.24) is 5.32 Å². The molecule has 0 fully saturated rings. The summed E-state index contributed by atoms with van der Waals surface area (Å²) < 4.78 is 45.4. The van der Waals surface area contributed by atoms with Crippen LogP contribution < -0.4 is 10.0 Å². The van der Waals surface area contributed by atoms with Crippen molar-refractivity contribution in [2.45, 2.75) is 11.4 Å². The number of hydrogen-bond acceptors (Lipinski definition) is 4. The second kappa shape index (κ2) is 7.40. The summed E-state index contributed by atoms with van der Waals surface area (Å²) in [5, 5.41) is 2.69. The minimum absolute atomic E-state index is 0.0767. The Labute approximate surface area is 149 Å². The van der Waals surface area contributed by atoms with Crippen LogP contribution in [0, 0.1) is 5.82 Å². The summed E-state index contributed by atoms with van der Waals surface area (Å²) in [7, 11) is -3.96. The number of carbonyl (C=O) groups is 1. The summed E-state index contributed by atoms with van der Waals surface area (Å²) in [5.74, 6) is -1.02. The van der Waals surface area contributed by atoms with Crippen molar-refractivity contribution in [2.75, 3.05) is 4.72 Å². The summed E-state index contributed by atoms with van der Waals surface area (Å²) in [6.07, 6.45) is 3.02. The summed E-state index contributed by atoms with van der Waals surface area (Å²) in [4.78, 5) is 12.0. The lowest BCUT2D eigenvalue weighted by Gasteiger charge is -2.09. The molecule has 0 unspecified atom stereocenters. The number of benzene rings is 2. The first-order valence-electron chi connectivity index (χ1n) is 7.62. The summed E-state index contributed by atoms with van der Waals surface area (Å²) in [5.41, 5.74) is 0.972. The Hall–Kier alpha value is -3.13. The number of carbonyl (C=O) groups excluding carboxylic acids is 1. The minimum atomic E-state index is -3.96. The molecule has 3 aromatic rings. The number of para-hydroxylation sites is 1. The highest BCUT2D eigenvalue weighted by Crippen LogP contribution is 2.19. The van der Waals surface area contributed by atoms with Crippen LogP contribution in [-0.4, -0.2) is 14.3 Å². The molecule has 0 radical (unpaired) electrons. The highest BCUT2D eigenvalue weighted by molar-refractivity contribution is 7.92. The molecule has 26 heavy (non-hydrogen) atoms. The van der Waals surface area contributed by atoms with Crippen molar-refractivity contribution in [3.8, 4) is 0 Å². The molecule has 2 N–H and O–H groups in total. The number of furan rings is 1. The second-order valence-electron chi connectivity index (χ2n) is 5.42. The Morgan fingerprint density at radius 3 is 2.42 bits per heavy atom. The van der Waals surface area contributed by atoms with Crippen LogP contribution in [0.2, 0.25) is 0 Å². The zero-order valence-corrected chi connectivity index (χ0v) is 14.3. The number of nitrogens with one attached hydrogen (secondary N) is 2. The molecule has 1 amide bonds. The fourth-order valence-electron chi connectivity index (χ4n) is 2.21. The van der Waals surface area contributed by atoms with Gasteiger partial charge in [0, 0.05) is 17.7 Å². The Kier molecular flexibility index (Phi) is 5.04. The number of halogens is 1. The van der Waals surface area contributed by atoms with Gasteiger partial charge in [-0.05, 0) is 42.5 Å². The first-order chi connectivity index (χ1) is 12.5. The van der Waals surface area contributed by atoms with Crippen molar-refractivity contribution >= 4 is 21.6 Å². The van der Waals surface area contributed by atoms with Gasteiger partial charge in [-0.25, -0.2) is 12.8 Å². The van der Waals surface area contributed by atoms with E-state index in [-0.39, 0.29) is 16.5 Å². The number of sulfonamides is 1. The zero-order valence-electron chi connectivity index (χ0n) is 13.5. The van der Waals surface area contributed by atoms with Gasteiger partial charge in [-0.1, -0.05) is 12.1 Å². The molecule has 0 aliphatic carbocycles. The molecule has 3 rings (SSSR count). The smallest absolute Gasteiger partial charge is 0.261 e. The van der Waals surface area contributed by atoms with Crippen molar-refractivity contribution in [1.29, 1.82) is 0 Å². The highest BCUT2D eigenvalue weighted by atomic mass is 32.2. The maximum Gasteiger partial charge on any atom is 0.261 e. The molecule has 0 spiro atoms. The van der Waals surface area contributed by atoms with Crippen LogP contribution in [0.25, 0.3) is 0 Å². The number of amides is 1. The van der Waals surface area contributed by atoms with Gasteiger partial charge in [0.1, 0.15) is 5.82 Å². The number of anilines is 1. The molecule has 0 saturated carbocycles. The fourth-order valence-corrected chi connectivity index (χ4v) is 3.28. The third-order valence-corrected chi connectivity index (χ3v) is 4.96. The molecule has 0 aliphatic heterocycles. The van der Waals surface area contributed by atoms with E-state index < -0.39 is 15.8 Å². The predicted octanol–water partition coefficient (Wildman–Crippen LogP) is 3.15. The average molecular weight is 374 g/mol. The average Bonchev–Trinajstić information content (AvgIpc) is 3.15. The largest absolute Gasteiger partial charge is 0.472 e. The summed E-state index contributed by atoms with van der Waals surface area (Å²) in [6, 6.07) is 12.5. The van der Waals surface area contributed by atoms with Crippen LogP contribution in [0.5, 0.6) is 0 Å². The lowest BCUT2D eigenvalue weighted by molar-refractivity contribution is 0.0951. The van der Waals surface area contributed by atoms with Gasteiger partial charge in [-0.15, -0.1) is 0 Å². The normalized spacial score (nSPS) is 11.1. The monoisotopic (exact) mass is 374 g/mol. The van der Waals surface area contributed by atoms with Gasteiger partial charge in [0.25, 0.3) is 15.9 Å². The van der Waals surface area contributed by atoms with E-state index in [1.54, 1.807) is 6.07 Å². The van der Waals surface area contributed by atoms with E-state index in [9.17, 15) is 17.6 Å². The molecule has 0 atom stereocenters. The molecule has 0 aliphatic rings. The lowest BCUT2D eigenvalue weighted by Crippen LogP contribution is -2.22. The minimum Gasteiger partial charge on any atom is -0.472 e. The highest BCUT2D eigenvalue weighted by Gasteiger charge is 2.17. The third-order valence-electron chi connectivity index (χ3n) is 3.58. The SMILES string of the molecule is O=C(NCc1ccoc1)c1ccc(S(=O)(=O)Nc2ccccc2F)cc1. The van der Waals surface area contributed by atoms with Gasteiger partial charge in [0.2, 0.25) is 0 Å². The van der Waals surface area contributed by atoms with Gasteiger partial charge < -0.3 is 9.73 Å². The first-order valence-corrected chi connectivity index (χ1v) is 9.11. The van der Waals surface area contributed by atoms with Gasteiger partial charge >= 0.3 is 0 Å². The van der Waals surface area contributed by atoms with E-state index in [0.717, 1.165) is 11.6 Å². The Morgan fingerprint density at radius 1 is 1.04 bits per heavy atom. The quantitative estimate of drug-likeness (QED) is 0.694. The maximum atomic E-state index is 13.6. The molecule has 2 aromatic carbocycles. The molecule has 0 bridgehead atoms.